The molecule has 3 aromatic rings. The number of aliphatic hydroxyl groups is 1. The van der Waals surface area contributed by atoms with E-state index in [1.165, 1.54) is 4.90 Å². The number of hydrogen-bond acceptors (Lipinski definition) is 4. The molecule has 1 atom stereocenters. The Morgan fingerprint density at radius 2 is 1.67 bits per heavy atom. The molecule has 0 radical (unpaired) electrons. The van der Waals surface area contributed by atoms with Crippen molar-refractivity contribution in [2.24, 2.45) is 0 Å². The Morgan fingerprint density at radius 1 is 1.00 bits per heavy atom. The number of nitrogens with zero attached hydrogens (tertiary/aromatic N) is 2. The molecule has 1 aromatic heterocycles. The maximum atomic E-state index is 13.1. The van der Waals surface area contributed by atoms with Gasteiger partial charge in [0, 0.05) is 28.7 Å². The zero-order valence-corrected chi connectivity index (χ0v) is 17.2. The Kier molecular flexibility index (Phi) is 5.14. The summed E-state index contributed by atoms with van der Waals surface area (Å²) < 4.78 is 0. The number of carbonyl (C=O) groups is 2. The molecule has 5 nitrogen and oxygen atoms in total. The second-order valence-corrected chi connectivity index (χ2v) is 7.74. The number of carbonyl (C=O) groups excluding carboxylic acids is 2. The molecule has 1 fully saturated rings. The topological polar surface area (TPSA) is 70.5 Å². The molecule has 1 aliphatic heterocycles. The fourth-order valence-electron chi connectivity index (χ4n) is 3.84. The standard InChI is InChI=1S/C24H19ClN2O3/c1-14-10-15(2)12-19(11-14)27-21(16-6-8-26-9-7-16)20(23(29)24(27)30)22(28)17-4-3-5-18(25)13-17/h3-13,21,28H,1-2H3/b22-20+. The third kappa shape index (κ3) is 3.48. The molecule has 1 aliphatic rings. The Morgan fingerprint density at radius 3 is 2.30 bits per heavy atom. The zero-order valence-electron chi connectivity index (χ0n) is 16.5. The lowest BCUT2D eigenvalue weighted by Crippen LogP contribution is -2.29. The summed E-state index contributed by atoms with van der Waals surface area (Å²) >= 11 is 6.07. The summed E-state index contributed by atoms with van der Waals surface area (Å²) in [6, 6.07) is 14.9. The van der Waals surface area contributed by atoms with E-state index in [2.05, 4.69) is 4.98 Å². The van der Waals surface area contributed by atoms with Gasteiger partial charge in [-0.2, -0.15) is 0 Å². The number of Topliss-reactive ketones (excluding diaryl/α,β-unsaturated/α-hetero) is 1. The number of ketones is 1. The molecular weight excluding hydrogens is 400 g/mol. The number of rotatable bonds is 3. The first-order valence-electron chi connectivity index (χ1n) is 9.42. The minimum atomic E-state index is -0.784. The molecule has 1 unspecified atom stereocenters. The second kappa shape index (κ2) is 7.76. The van der Waals surface area contributed by atoms with Gasteiger partial charge in [-0.15, -0.1) is 0 Å². The van der Waals surface area contributed by atoms with Gasteiger partial charge in [0.25, 0.3) is 11.7 Å². The van der Waals surface area contributed by atoms with Crippen molar-refractivity contribution in [3.05, 3.63) is 99.8 Å². The Hall–Kier alpha value is -3.44. The van der Waals surface area contributed by atoms with E-state index in [4.69, 9.17) is 11.6 Å². The van der Waals surface area contributed by atoms with Gasteiger partial charge in [-0.05, 0) is 66.9 Å². The fraction of sp³-hybridized carbons (Fsp3) is 0.125. The monoisotopic (exact) mass is 418 g/mol. The van der Waals surface area contributed by atoms with Crippen LogP contribution in [0.15, 0.2) is 72.6 Å². The largest absolute Gasteiger partial charge is 0.507 e. The molecule has 2 aromatic carbocycles. The van der Waals surface area contributed by atoms with Crippen LogP contribution in [0.3, 0.4) is 0 Å². The number of halogens is 1. The number of aryl methyl sites for hydroxylation is 2. The molecule has 0 bridgehead atoms. The average Bonchev–Trinajstić information content (AvgIpc) is 2.98. The van der Waals surface area contributed by atoms with Gasteiger partial charge in [0.15, 0.2) is 0 Å². The number of aromatic nitrogens is 1. The number of hydrogen-bond donors (Lipinski definition) is 1. The molecule has 6 heteroatoms. The van der Waals surface area contributed by atoms with Crippen LogP contribution in [-0.2, 0) is 9.59 Å². The molecule has 30 heavy (non-hydrogen) atoms. The van der Waals surface area contributed by atoms with Crippen LogP contribution in [0.25, 0.3) is 5.76 Å². The van der Waals surface area contributed by atoms with E-state index in [1.807, 2.05) is 32.0 Å². The summed E-state index contributed by atoms with van der Waals surface area (Å²) in [6.07, 6.45) is 3.19. The van der Waals surface area contributed by atoms with Crippen molar-refractivity contribution in [1.29, 1.82) is 0 Å². The Labute approximate surface area is 179 Å². The lowest BCUT2D eigenvalue weighted by Gasteiger charge is -2.26. The zero-order chi connectivity index (χ0) is 21.4. The number of amides is 1. The van der Waals surface area contributed by atoms with Gasteiger partial charge in [-0.1, -0.05) is 29.8 Å². The van der Waals surface area contributed by atoms with Crippen molar-refractivity contribution < 1.29 is 14.7 Å². The van der Waals surface area contributed by atoms with E-state index in [1.54, 1.807) is 48.8 Å². The Balaban J connectivity index is 1.97. The fourth-order valence-corrected chi connectivity index (χ4v) is 4.03. The van der Waals surface area contributed by atoms with Crippen molar-refractivity contribution in [2.45, 2.75) is 19.9 Å². The maximum absolute atomic E-state index is 13.1. The summed E-state index contributed by atoms with van der Waals surface area (Å²) in [5.41, 5.74) is 3.60. The SMILES string of the molecule is Cc1cc(C)cc(N2C(=O)C(=O)/C(=C(/O)c3cccc(Cl)c3)C2c2ccncc2)c1. The molecule has 1 saturated heterocycles. The van der Waals surface area contributed by atoms with Gasteiger partial charge >= 0.3 is 0 Å². The highest BCUT2D eigenvalue weighted by molar-refractivity contribution is 6.51. The number of benzene rings is 2. The third-order valence-electron chi connectivity index (χ3n) is 5.05. The van der Waals surface area contributed by atoms with Crippen LogP contribution in [0.4, 0.5) is 5.69 Å². The molecular formula is C24H19ClN2O3. The summed E-state index contributed by atoms with van der Waals surface area (Å²) in [6.45, 7) is 3.86. The van der Waals surface area contributed by atoms with Crippen LogP contribution < -0.4 is 4.90 Å². The first kappa shape index (κ1) is 19.9. The van der Waals surface area contributed by atoms with Crippen molar-refractivity contribution in [3.63, 3.8) is 0 Å². The summed E-state index contributed by atoms with van der Waals surface area (Å²) in [5, 5.41) is 11.5. The first-order chi connectivity index (χ1) is 14.4. The van der Waals surface area contributed by atoms with Crippen LogP contribution in [0.2, 0.25) is 5.02 Å². The van der Waals surface area contributed by atoms with E-state index < -0.39 is 17.7 Å². The highest BCUT2D eigenvalue weighted by Crippen LogP contribution is 2.42. The molecule has 2 heterocycles. The lowest BCUT2D eigenvalue weighted by atomic mass is 9.95. The summed E-state index contributed by atoms with van der Waals surface area (Å²) in [7, 11) is 0. The number of anilines is 1. The third-order valence-corrected chi connectivity index (χ3v) is 5.28. The average molecular weight is 419 g/mol. The van der Waals surface area contributed by atoms with Crippen molar-refractivity contribution >= 4 is 34.7 Å². The van der Waals surface area contributed by atoms with Gasteiger partial charge in [-0.3, -0.25) is 19.5 Å². The predicted molar refractivity (Wildman–Crippen MR) is 116 cm³/mol. The van der Waals surface area contributed by atoms with E-state index in [0.717, 1.165) is 11.1 Å². The van der Waals surface area contributed by atoms with Gasteiger partial charge in [0.1, 0.15) is 5.76 Å². The molecule has 0 aliphatic carbocycles. The number of aliphatic hydroxyl groups excluding tert-OH is 1. The molecule has 1 amide bonds. The molecule has 0 spiro atoms. The van der Waals surface area contributed by atoms with E-state index in [9.17, 15) is 14.7 Å². The van der Waals surface area contributed by atoms with Gasteiger partial charge in [0.2, 0.25) is 0 Å². The smallest absolute Gasteiger partial charge is 0.300 e. The molecule has 1 N–H and O–H groups in total. The van der Waals surface area contributed by atoms with E-state index in [0.29, 0.717) is 21.8 Å². The normalized spacial score (nSPS) is 18.1. The summed E-state index contributed by atoms with van der Waals surface area (Å²) in [5.74, 6) is -1.69. The highest BCUT2D eigenvalue weighted by atomic mass is 35.5. The van der Waals surface area contributed by atoms with Crippen LogP contribution in [0.1, 0.15) is 28.3 Å². The van der Waals surface area contributed by atoms with Gasteiger partial charge < -0.3 is 5.11 Å². The predicted octanol–water partition coefficient (Wildman–Crippen LogP) is 4.98. The van der Waals surface area contributed by atoms with Crippen molar-refractivity contribution in [2.75, 3.05) is 4.90 Å². The lowest BCUT2D eigenvalue weighted by molar-refractivity contribution is -0.132. The van der Waals surface area contributed by atoms with Crippen LogP contribution in [0, 0.1) is 13.8 Å². The van der Waals surface area contributed by atoms with E-state index >= 15 is 0 Å². The minimum absolute atomic E-state index is 0.0209. The van der Waals surface area contributed by atoms with Crippen molar-refractivity contribution in [1.82, 2.24) is 4.98 Å². The van der Waals surface area contributed by atoms with Gasteiger partial charge in [0.05, 0.1) is 11.6 Å². The van der Waals surface area contributed by atoms with Gasteiger partial charge in [-0.25, -0.2) is 0 Å². The van der Waals surface area contributed by atoms with Crippen LogP contribution in [-0.4, -0.2) is 21.8 Å². The van der Waals surface area contributed by atoms with E-state index in [-0.39, 0.29) is 11.3 Å². The van der Waals surface area contributed by atoms with Crippen molar-refractivity contribution in [3.8, 4) is 0 Å². The first-order valence-corrected chi connectivity index (χ1v) is 9.80. The van der Waals surface area contributed by atoms with Crippen LogP contribution in [0.5, 0.6) is 0 Å². The quantitative estimate of drug-likeness (QED) is 0.370. The second-order valence-electron chi connectivity index (χ2n) is 7.31. The molecule has 4 rings (SSSR count). The molecule has 0 saturated carbocycles. The Bertz CT molecular complexity index is 1170. The minimum Gasteiger partial charge on any atom is -0.507 e. The molecule has 150 valence electrons. The highest BCUT2D eigenvalue weighted by Gasteiger charge is 2.47. The number of pyridine rings is 1. The summed E-state index contributed by atoms with van der Waals surface area (Å²) in [4.78, 5) is 31.7. The van der Waals surface area contributed by atoms with Crippen LogP contribution >= 0.6 is 11.6 Å². The maximum Gasteiger partial charge on any atom is 0.300 e.